The van der Waals surface area contributed by atoms with E-state index in [2.05, 4.69) is 15.3 Å². The molecule has 1 unspecified atom stereocenters. The molecule has 7 heteroatoms. The van der Waals surface area contributed by atoms with Crippen molar-refractivity contribution in [2.45, 2.75) is 12.5 Å². The first-order chi connectivity index (χ1) is 9.81. The molecule has 2 saturated heterocycles. The van der Waals surface area contributed by atoms with Gasteiger partial charge in [0.1, 0.15) is 0 Å². The maximum Gasteiger partial charge on any atom is 0.409 e. The summed E-state index contributed by atoms with van der Waals surface area (Å²) < 4.78 is 10.5. The summed E-state index contributed by atoms with van der Waals surface area (Å²) in [6, 6.07) is 1.96. The van der Waals surface area contributed by atoms with Gasteiger partial charge in [0.05, 0.1) is 19.3 Å². The summed E-state index contributed by atoms with van der Waals surface area (Å²) in [5, 5.41) is 3.17. The monoisotopic (exact) mass is 278 g/mol. The highest BCUT2D eigenvalue weighted by atomic mass is 16.6. The Labute approximate surface area is 117 Å². The zero-order valence-corrected chi connectivity index (χ0v) is 11.2. The molecule has 3 heterocycles. The van der Waals surface area contributed by atoms with E-state index in [-0.39, 0.29) is 12.1 Å². The van der Waals surface area contributed by atoms with Gasteiger partial charge in [-0.25, -0.2) is 14.8 Å². The minimum Gasteiger partial charge on any atom is -0.449 e. The molecule has 1 aromatic heterocycles. The smallest absolute Gasteiger partial charge is 0.409 e. The van der Waals surface area contributed by atoms with E-state index in [1.54, 1.807) is 23.4 Å². The molecular formula is C13H18N4O3. The van der Waals surface area contributed by atoms with Crippen LogP contribution in [0.15, 0.2) is 18.5 Å². The molecule has 20 heavy (non-hydrogen) atoms. The van der Waals surface area contributed by atoms with Gasteiger partial charge in [-0.15, -0.1) is 0 Å². The van der Waals surface area contributed by atoms with E-state index in [1.807, 2.05) is 0 Å². The van der Waals surface area contributed by atoms with Crippen LogP contribution in [0.3, 0.4) is 0 Å². The van der Waals surface area contributed by atoms with E-state index in [4.69, 9.17) is 9.47 Å². The minimum atomic E-state index is -0.246. The van der Waals surface area contributed by atoms with Crippen LogP contribution in [0.5, 0.6) is 0 Å². The van der Waals surface area contributed by atoms with Crippen LogP contribution >= 0.6 is 0 Å². The van der Waals surface area contributed by atoms with Crippen LogP contribution in [0.25, 0.3) is 0 Å². The van der Waals surface area contributed by atoms with E-state index in [0.717, 1.165) is 13.0 Å². The van der Waals surface area contributed by atoms with Crippen molar-refractivity contribution in [2.24, 2.45) is 5.92 Å². The fraction of sp³-hybridized carbons (Fsp3) is 0.615. The first-order valence-corrected chi connectivity index (χ1v) is 6.84. The van der Waals surface area contributed by atoms with Gasteiger partial charge in [-0.2, -0.15) is 0 Å². The summed E-state index contributed by atoms with van der Waals surface area (Å²) in [7, 11) is 0. The normalized spacial score (nSPS) is 22.4. The summed E-state index contributed by atoms with van der Waals surface area (Å²) >= 11 is 0. The Kier molecular flexibility index (Phi) is 3.96. The third-order valence-corrected chi connectivity index (χ3v) is 3.51. The Balaban J connectivity index is 1.35. The van der Waals surface area contributed by atoms with Crippen LogP contribution in [-0.4, -0.2) is 59.9 Å². The van der Waals surface area contributed by atoms with Crippen LogP contribution < -0.4 is 5.32 Å². The van der Waals surface area contributed by atoms with Gasteiger partial charge in [-0.3, -0.25) is 0 Å². The molecule has 0 bridgehead atoms. The maximum absolute atomic E-state index is 11.8. The van der Waals surface area contributed by atoms with Gasteiger partial charge in [0, 0.05) is 38.0 Å². The Morgan fingerprint density at radius 1 is 1.45 bits per heavy atom. The molecule has 0 radical (unpaired) electrons. The van der Waals surface area contributed by atoms with Crippen molar-refractivity contribution in [3.63, 3.8) is 0 Å². The number of hydrogen-bond donors (Lipinski definition) is 1. The van der Waals surface area contributed by atoms with Crippen molar-refractivity contribution in [3.05, 3.63) is 18.5 Å². The average molecular weight is 278 g/mol. The third kappa shape index (κ3) is 3.16. The van der Waals surface area contributed by atoms with E-state index in [9.17, 15) is 4.79 Å². The minimum absolute atomic E-state index is 0.194. The predicted molar refractivity (Wildman–Crippen MR) is 71.3 cm³/mol. The lowest BCUT2D eigenvalue weighted by atomic mass is 10.1. The van der Waals surface area contributed by atoms with Gasteiger partial charge in [-0.1, -0.05) is 0 Å². The molecule has 2 aliphatic heterocycles. The second kappa shape index (κ2) is 6.04. The lowest BCUT2D eigenvalue weighted by Gasteiger charge is -2.38. The molecule has 2 aliphatic rings. The summed E-state index contributed by atoms with van der Waals surface area (Å²) in [5.74, 6) is 0.945. The third-order valence-electron chi connectivity index (χ3n) is 3.51. The number of anilines is 1. The Morgan fingerprint density at radius 2 is 2.25 bits per heavy atom. The fourth-order valence-electron chi connectivity index (χ4n) is 2.27. The molecule has 1 atom stereocenters. The molecule has 1 N–H and O–H groups in total. The summed E-state index contributed by atoms with van der Waals surface area (Å²) in [6.45, 7) is 3.17. The second-order valence-electron chi connectivity index (χ2n) is 5.13. The number of carbonyl (C=O) groups is 1. The molecule has 0 saturated carbocycles. The highest BCUT2D eigenvalue weighted by Crippen LogP contribution is 2.16. The number of aromatic nitrogens is 2. The number of ether oxygens (including phenoxy) is 2. The first-order valence-electron chi connectivity index (χ1n) is 6.84. The summed E-state index contributed by atoms with van der Waals surface area (Å²) in [6.07, 6.45) is 4.10. The SMILES string of the molecule is O=C(OCC1CCOC1)N1CC(Nc2ncccn2)C1. The number of amides is 1. The summed E-state index contributed by atoms with van der Waals surface area (Å²) in [5.41, 5.74) is 0. The molecule has 1 amide bonds. The molecule has 7 nitrogen and oxygen atoms in total. The molecule has 108 valence electrons. The lowest BCUT2D eigenvalue weighted by Crippen LogP contribution is -2.57. The predicted octanol–water partition coefficient (Wildman–Crippen LogP) is 0.746. The molecule has 0 aliphatic carbocycles. The topological polar surface area (TPSA) is 76.6 Å². The number of likely N-dealkylation sites (tertiary alicyclic amines) is 1. The zero-order chi connectivity index (χ0) is 13.8. The standard InChI is InChI=1S/C13H18N4O3/c18-13(20-9-10-2-5-19-8-10)17-6-11(7-17)16-12-14-3-1-4-15-12/h1,3-4,10-11H,2,5-9H2,(H,14,15,16). The molecule has 3 rings (SSSR count). The van der Waals surface area contributed by atoms with Crippen molar-refractivity contribution in [1.82, 2.24) is 14.9 Å². The fourth-order valence-corrected chi connectivity index (χ4v) is 2.27. The van der Waals surface area contributed by atoms with Crippen LogP contribution in [-0.2, 0) is 9.47 Å². The number of rotatable bonds is 4. The quantitative estimate of drug-likeness (QED) is 0.875. The number of hydrogen-bond acceptors (Lipinski definition) is 6. The van der Waals surface area contributed by atoms with Crippen molar-refractivity contribution >= 4 is 12.0 Å². The first kappa shape index (κ1) is 13.1. The largest absolute Gasteiger partial charge is 0.449 e. The molecule has 1 aromatic rings. The van der Waals surface area contributed by atoms with Gasteiger partial charge in [0.25, 0.3) is 0 Å². The Bertz CT molecular complexity index is 444. The van der Waals surface area contributed by atoms with E-state index in [0.29, 0.717) is 38.2 Å². The van der Waals surface area contributed by atoms with Crippen LogP contribution in [0.1, 0.15) is 6.42 Å². The summed E-state index contributed by atoms with van der Waals surface area (Å²) in [4.78, 5) is 21.6. The Morgan fingerprint density at radius 3 is 2.95 bits per heavy atom. The number of carbonyl (C=O) groups excluding carboxylic acids is 1. The number of nitrogens with one attached hydrogen (secondary N) is 1. The van der Waals surface area contributed by atoms with Gasteiger partial charge in [0.15, 0.2) is 0 Å². The van der Waals surface area contributed by atoms with Gasteiger partial charge < -0.3 is 19.7 Å². The van der Waals surface area contributed by atoms with E-state index >= 15 is 0 Å². The highest BCUT2D eigenvalue weighted by molar-refractivity contribution is 5.69. The van der Waals surface area contributed by atoms with Gasteiger partial charge in [0.2, 0.25) is 5.95 Å². The lowest BCUT2D eigenvalue weighted by molar-refractivity contribution is 0.0616. The molecule has 0 spiro atoms. The van der Waals surface area contributed by atoms with Crippen LogP contribution in [0.4, 0.5) is 10.7 Å². The zero-order valence-electron chi connectivity index (χ0n) is 11.2. The van der Waals surface area contributed by atoms with Crippen molar-refractivity contribution in [3.8, 4) is 0 Å². The molecule has 2 fully saturated rings. The van der Waals surface area contributed by atoms with Crippen molar-refractivity contribution < 1.29 is 14.3 Å². The van der Waals surface area contributed by atoms with E-state index < -0.39 is 0 Å². The van der Waals surface area contributed by atoms with Gasteiger partial charge >= 0.3 is 6.09 Å². The van der Waals surface area contributed by atoms with Crippen molar-refractivity contribution in [1.29, 1.82) is 0 Å². The number of nitrogens with zero attached hydrogens (tertiary/aromatic N) is 3. The van der Waals surface area contributed by atoms with Crippen LogP contribution in [0, 0.1) is 5.92 Å². The highest BCUT2D eigenvalue weighted by Gasteiger charge is 2.32. The Hall–Kier alpha value is -1.89. The van der Waals surface area contributed by atoms with Crippen LogP contribution in [0.2, 0.25) is 0 Å². The molecular weight excluding hydrogens is 260 g/mol. The maximum atomic E-state index is 11.8. The average Bonchev–Trinajstić information content (AvgIpc) is 2.94. The molecule has 0 aromatic carbocycles. The van der Waals surface area contributed by atoms with E-state index in [1.165, 1.54) is 0 Å². The second-order valence-corrected chi connectivity index (χ2v) is 5.13. The van der Waals surface area contributed by atoms with Gasteiger partial charge in [-0.05, 0) is 12.5 Å². The van der Waals surface area contributed by atoms with Crippen molar-refractivity contribution in [2.75, 3.05) is 38.2 Å².